The van der Waals surface area contributed by atoms with E-state index in [0.29, 0.717) is 18.5 Å². The molecule has 6 heteroatoms. The van der Waals surface area contributed by atoms with Gasteiger partial charge in [-0.1, -0.05) is 0 Å². The Labute approximate surface area is 94.3 Å². The number of nitrogens with two attached hydrogens (primary N) is 1. The highest BCUT2D eigenvalue weighted by Crippen LogP contribution is 2.36. The SMILES string of the molecule is Nc1ccc(S(=O)(=O)NC2(CO)CC2)cc1. The summed E-state index contributed by atoms with van der Waals surface area (Å²) in [4.78, 5) is 0.168. The van der Waals surface area contributed by atoms with Gasteiger partial charge in [0.2, 0.25) is 10.0 Å². The molecule has 1 aromatic carbocycles. The van der Waals surface area contributed by atoms with Gasteiger partial charge in [0, 0.05) is 5.69 Å². The molecule has 5 nitrogen and oxygen atoms in total. The minimum atomic E-state index is -3.55. The van der Waals surface area contributed by atoms with Crippen LogP contribution in [0.25, 0.3) is 0 Å². The van der Waals surface area contributed by atoms with Crippen molar-refractivity contribution in [2.75, 3.05) is 12.3 Å². The maximum atomic E-state index is 11.9. The van der Waals surface area contributed by atoms with Gasteiger partial charge in [0.15, 0.2) is 0 Å². The van der Waals surface area contributed by atoms with Crippen molar-refractivity contribution in [3.63, 3.8) is 0 Å². The molecule has 0 heterocycles. The van der Waals surface area contributed by atoms with E-state index in [4.69, 9.17) is 10.8 Å². The van der Waals surface area contributed by atoms with Gasteiger partial charge in [-0.3, -0.25) is 0 Å². The van der Waals surface area contributed by atoms with E-state index in [-0.39, 0.29) is 11.5 Å². The van der Waals surface area contributed by atoms with Crippen LogP contribution in [0, 0.1) is 0 Å². The summed E-state index contributed by atoms with van der Waals surface area (Å²) in [6.45, 7) is -0.165. The Morgan fingerprint density at radius 1 is 1.31 bits per heavy atom. The van der Waals surface area contributed by atoms with Gasteiger partial charge >= 0.3 is 0 Å². The Balaban J connectivity index is 2.22. The molecule has 1 aromatic rings. The average Bonchev–Trinajstić information content (AvgIpc) is 2.98. The van der Waals surface area contributed by atoms with E-state index in [9.17, 15) is 8.42 Å². The lowest BCUT2D eigenvalue weighted by Gasteiger charge is -2.14. The van der Waals surface area contributed by atoms with Gasteiger partial charge in [0.1, 0.15) is 0 Å². The van der Waals surface area contributed by atoms with Crippen molar-refractivity contribution in [3.8, 4) is 0 Å². The van der Waals surface area contributed by atoms with Gasteiger partial charge in [0.05, 0.1) is 17.0 Å². The molecule has 1 fully saturated rings. The summed E-state index contributed by atoms with van der Waals surface area (Å²) < 4.78 is 26.3. The lowest BCUT2D eigenvalue weighted by Crippen LogP contribution is -2.39. The number of benzene rings is 1. The van der Waals surface area contributed by atoms with Gasteiger partial charge < -0.3 is 10.8 Å². The predicted octanol–water partition coefficient (Wildman–Crippen LogP) is 0.0720. The Bertz CT molecular complexity index is 477. The van der Waals surface area contributed by atoms with Crippen molar-refractivity contribution in [1.29, 1.82) is 0 Å². The van der Waals surface area contributed by atoms with Gasteiger partial charge in [0.25, 0.3) is 0 Å². The highest BCUT2D eigenvalue weighted by atomic mass is 32.2. The third-order valence-corrected chi connectivity index (χ3v) is 4.29. The van der Waals surface area contributed by atoms with Crippen molar-refractivity contribution >= 4 is 15.7 Å². The van der Waals surface area contributed by atoms with E-state index < -0.39 is 15.6 Å². The molecule has 0 unspecified atom stereocenters. The summed E-state index contributed by atoms with van der Waals surface area (Å²) >= 11 is 0. The molecule has 4 N–H and O–H groups in total. The summed E-state index contributed by atoms with van der Waals surface area (Å²) in [6, 6.07) is 5.97. The molecule has 0 aliphatic heterocycles. The topological polar surface area (TPSA) is 92.4 Å². The maximum Gasteiger partial charge on any atom is 0.241 e. The zero-order chi connectivity index (χ0) is 11.8. The van der Waals surface area contributed by atoms with Crippen LogP contribution >= 0.6 is 0 Å². The van der Waals surface area contributed by atoms with Crippen LogP contribution in [0.3, 0.4) is 0 Å². The smallest absolute Gasteiger partial charge is 0.241 e. The molecule has 0 saturated heterocycles. The third-order valence-electron chi connectivity index (χ3n) is 2.70. The number of hydrogen-bond acceptors (Lipinski definition) is 4. The number of hydrogen-bond donors (Lipinski definition) is 3. The van der Waals surface area contributed by atoms with E-state index in [1.165, 1.54) is 24.3 Å². The first-order chi connectivity index (χ1) is 7.47. The van der Waals surface area contributed by atoms with Gasteiger partial charge in [-0.25, -0.2) is 13.1 Å². The fraction of sp³-hybridized carbons (Fsp3) is 0.400. The lowest BCUT2D eigenvalue weighted by atomic mass is 10.3. The zero-order valence-electron chi connectivity index (χ0n) is 8.68. The normalized spacial score (nSPS) is 18.3. The standard InChI is InChI=1S/C10H14N2O3S/c11-8-1-3-9(4-2-8)16(14,15)12-10(7-13)5-6-10/h1-4,12-13H,5-7,11H2. The second kappa shape index (κ2) is 3.73. The number of anilines is 1. The number of sulfonamides is 1. The molecule has 0 amide bonds. The second-order valence-corrected chi connectivity index (χ2v) is 5.80. The van der Waals surface area contributed by atoms with Gasteiger partial charge in [-0.05, 0) is 37.1 Å². The molecule has 1 saturated carbocycles. The van der Waals surface area contributed by atoms with Crippen LogP contribution in [-0.4, -0.2) is 25.7 Å². The molecule has 1 aliphatic rings. The highest BCUT2D eigenvalue weighted by Gasteiger charge is 2.45. The molecule has 0 atom stereocenters. The molecular formula is C10H14N2O3S. The Morgan fingerprint density at radius 2 is 1.88 bits per heavy atom. The predicted molar refractivity (Wildman–Crippen MR) is 60.2 cm³/mol. The van der Waals surface area contributed by atoms with Crippen LogP contribution in [0.2, 0.25) is 0 Å². The number of aliphatic hydroxyl groups excluding tert-OH is 1. The fourth-order valence-corrected chi connectivity index (χ4v) is 2.89. The van der Waals surface area contributed by atoms with Crippen LogP contribution in [0.1, 0.15) is 12.8 Å². The zero-order valence-corrected chi connectivity index (χ0v) is 9.50. The first-order valence-corrected chi connectivity index (χ1v) is 6.46. The molecule has 16 heavy (non-hydrogen) atoms. The van der Waals surface area contributed by atoms with E-state index >= 15 is 0 Å². The fourth-order valence-electron chi connectivity index (χ4n) is 1.43. The molecule has 0 bridgehead atoms. The summed E-state index contributed by atoms with van der Waals surface area (Å²) in [5, 5.41) is 9.06. The Kier molecular flexibility index (Phi) is 2.65. The van der Waals surface area contributed by atoms with Gasteiger partial charge in [-0.2, -0.15) is 0 Å². The van der Waals surface area contributed by atoms with Crippen LogP contribution in [-0.2, 0) is 10.0 Å². The second-order valence-electron chi connectivity index (χ2n) is 4.11. The highest BCUT2D eigenvalue weighted by molar-refractivity contribution is 7.89. The van der Waals surface area contributed by atoms with Crippen LogP contribution < -0.4 is 10.5 Å². The first kappa shape index (κ1) is 11.4. The largest absolute Gasteiger partial charge is 0.399 e. The number of nitrogens with one attached hydrogen (secondary N) is 1. The number of aliphatic hydroxyl groups is 1. The lowest BCUT2D eigenvalue weighted by molar-refractivity contribution is 0.246. The van der Waals surface area contributed by atoms with Crippen molar-refractivity contribution in [2.45, 2.75) is 23.3 Å². The van der Waals surface area contributed by atoms with Crippen LogP contribution in [0.15, 0.2) is 29.2 Å². The van der Waals surface area contributed by atoms with Crippen molar-refractivity contribution in [3.05, 3.63) is 24.3 Å². The molecule has 2 rings (SSSR count). The summed E-state index contributed by atoms with van der Waals surface area (Å²) in [6.07, 6.45) is 1.36. The molecule has 0 aromatic heterocycles. The minimum absolute atomic E-state index is 0.165. The summed E-state index contributed by atoms with van der Waals surface area (Å²) in [7, 11) is -3.55. The molecular weight excluding hydrogens is 228 g/mol. The first-order valence-electron chi connectivity index (χ1n) is 4.98. The van der Waals surface area contributed by atoms with Crippen molar-refractivity contribution < 1.29 is 13.5 Å². The number of rotatable bonds is 4. The van der Waals surface area contributed by atoms with E-state index in [1.807, 2.05) is 0 Å². The molecule has 1 aliphatic carbocycles. The van der Waals surface area contributed by atoms with Crippen molar-refractivity contribution in [2.24, 2.45) is 0 Å². The molecule has 88 valence electrons. The quantitative estimate of drug-likeness (QED) is 0.651. The molecule has 0 radical (unpaired) electrons. The third kappa shape index (κ3) is 2.18. The van der Waals surface area contributed by atoms with Crippen molar-refractivity contribution in [1.82, 2.24) is 4.72 Å². The van der Waals surface area contributed by atoms with Crippen LogP contribution in [0.5, 0.6) is 0 Å². The van der Waals surface area contributed by atoms with E-state index in [2.05, 4.69) is 4.72 Å². The maximum absolute atomic E-state index is 11.9. The average molecular weight is 242 g/mol. The monoisotopic (exact) mass is 242 g/mol. The van der Waals surface area contributed by atoms with Crippen LogP contribution in [0.4, 0.5) is 5.69 Å². The number of nitrogen functional groups attached to an aromatic ring is 1. The Hall–Kier alpha value is -1.11. The van der Waals surface area contributed by atoms with E-state index in [0.717, 1.165) is 0 Å². The summed E-state index contributed by atoms with van der Waals surface area (Å²) in [5.41, 5.74) is 5.36. The minimum Gasteiger partial charge on any atom is -0.399 e. The molecule has 0 spiro atoms. The van der Waals surface area contributed by atoms with E-state index in [1.54, 1.807) is 0 Å². The summed E-state index contributed by atoms with van der Waals surface area (Å²) in [5.74, 6) is 0. The van der Waals surface area contributed by atoms with Gasteiger partial charge in [-0.15, -0.1) is 0 Å². The Morgan fingerprint density at radius 3 is 2.31 bits per heavy atom.